The van der Waals surface area contributed by atoms with Gasteiger partial charge in [-0.1, -0.05) is 32.0 Å². The standard InChI is InChI=1S/C21H27N3O2/c1-3-15(2)17-5-7-18(8-6-17)23-21(25)14-24-10-11-26-20-12-16(13-22)4-9-19(20)24/h4-9,12,15H,3,10-11,13-14,22H2,1-2H3,(H,23,25). The summed E-state index contributed by atoms with van der Waals surface area (Å²) in [7, 11) is 0. The van der Waals surface area contributed by atoms with Gasteiger partial charge in [-0.2, -0.15) is 0 Å². The fourth-order valence-electron chi connectivity index (χ4n) is 3.12. The van der Waals surface area contributed by atoms with Crippen LogP contribution in [-0.2, 0) is 11.3 Å². The molecule has 1 unspecified atom stereocenters. The number of benzene rings is 2. The van der Waals surface area contributed by atoms with Gasteiger partial charge in [0.15, 0.2) is 0 Å². The maximum Gasteiger partial charge on any atom is 0.243 e. The summed E-state index contributed by atoms with van der Waals surface area (Å²) in [4.78, 5) is 14.5. The maximum absolute atomic E-state index is 12.5. The van der Waals surface area contributed by atoms with Crippen LogP contribution in [0.3, 0.4) is 0 Å². The minimum absolute atomic E-state index is 0.0305. The Bertz CT molecular complexity index is 758. The summed E-state index contributed by atoms with van der Waals surface area (Å²) in [6.07, 6.45) is 1.11. The third-order valence-electron chi connectivity index (χ3n) is 4.93. The number of amides is 1. The first-order valence-electron chi connectivity index (χ1n) is 9.21. The van der Waals surface area contributed by atoms with Gasteiger partial charge in [0.05, 0.1) is 18.8 Å². The zero-order valence-electron chi connectivity index (χ0n) is 15.5. The van der Waals surface area contributed by atoms with Crippen LogP contribution in [0.1, 0.15) is 37.3 Å². The second-order valence-electron chi connectivity index (χ2n) is 6.76. The molecule has 1 aliphatic heterocycles. The lowest BCUT2D eigenvalue weighted by molar-refractivity contribution is -0.115. The summed E-state index contributed by atoms with van der Waals surface area (Å²) in [6.45, 7) is 6.42. The fraction of sp³-hybridized carbons (Fsp3) is 0.381. The molecule has 0 radical (unpaired) electrons. The molecule has 1 heterocycles. The van der Waals surface area contributed by atoms with Crippen LogP contribution >= 0.6 is 0 Å². The first kappa shape index (κ1) is 18.3. The van der Waals surface area contributed by atoms with Crippen LogP contribution in [0.2, 0.25) is 0 Å². The van der Waals surface area contributed by atoms with Crippen LogP contribution in [0.5, 0.6) is 5.75 Å². The van der Waals surface area contributed by atoms with Gasteiger partial charge in [0.2, 0.25) is 5.91 Å². The third kappa shape index (κ3) is 4.17. The molecule has 0 spiro atoms. The number of fused-ring (bicyclic) bond motifs is 1. The van der Waals surface area contributed by atoms with E-state index in [4.69, 9.17) is 10.5 Å². The minimum Gasteiger partial charge on any atom is -0.490 e. The van der Waals surface area contributed by atoms with Crippen LogP contribution in [0.4, 0.5) is 11.4 Å². The molecular formula is C21H27N3O2. The normalized spacial score (nSPS) is 14.3. The zero-order valence-corrected chi connectivity index (χ0v) is 15.5. The molecular weight excluding hydrogens is 326 g/mol. The van der Waals surface area contributed by atoms with Crippen molar-refractivity contribution in [2.75, 3.05) is 29.9 Å². The van der Waals surface area contributed by atoms with E-state index in [9.17, 15) is 4.79 Å². The molecule has 138 valence electrons. The van der Waals surface area contributed by atoms with Gasteiger partial charge < -0.3 is 20.7 Å². The van der Waals surface area contributed by atoms with Gasteiger partial charge >= 0.3 is 0 Å². The number of nitrogens with two attached hydrogens (primary N) is 1. The molecule has 26 heavy (non-hydrogen) atoms. The van der Waals surface area contributed by atoms with E-state index < -0.39 is 0 Å². The molecule has 5 nitrogen and oxygen atoms in total. The topological polar surface area (TPSA) is 67.6 Å². The van der Waals surface area contributed by atoms with Crippen molar-refractivity contribution in [1.82, 2.24) is 0 Å². The number of nitrogens with zero attached hydrogens (tertiary/aromatic N) is 1. The summed E-state index contributed by atoms with van der Waals surface area (Å²) in [6, 6.07) is 14.0. The first-order valence-corrected chi connectivity index (χ1v) is 9.21. The summed E-state index contributed by atoms with van der Waals surface area (Å²) in [5, 5.41) is 2.99. The predicted octanol–water partition coefficient (Wildman–Crippen LogP) is 3.50. The van der Waals surface area contributed by atoms with E-state index in [0.29, 0.717) is 32.2 Å². The molecule has 3 rings (SSSR count). The average molecular weight is 353 g/mol. The molecule has 0 saturated carbocycles. The summed E-state index contributed by atoms with van der Waals surface area (Å²) in [5.74, 6) is 1.30. The van der Waals surface area contributed by atoms with Gasteiger partial charge in [-0.3, -0.25) is 4.79 Å². The highest BCUT2D eigenvalue weighted by Crippen LogP contribution is 2.32. The summed E-state index contributed by atoms with van der Waals surface area (Å²) in [5.41, 5.74) is 9.78. The number of hydrogen-bond acceptors (Lipinski definition) is 4. The molecule has 3 N–H and O–H groups in total. The van der Waals surface area contributed by atoms with E-state index >= 15 is 0 Å². The molecule has 5 heteroatoms. The largest absolute Gasteiger partial charge is 0.490 e. The van der Waals surface area contributed by atoms with Crippen LogP contribution in [0.25, 0.3) is 0 Å². The van der Waals surface area contributed by atoms with Gasteiger partial charge in [-0.25, -0.2) is 0 Å². The van der Waals surface area contributed by atoms with E-state index in [-0.39, 0.29) is 5.91 Å². The Kier molecular flexibility index (Phi) is 5.78. The third-order valence-corrected chi connectivity index (χ3v) is 4.93. The lowest BCUT2D eigenvalue weighted by atomic mass is 9.99. The van der Waals surface area contributed by atoms with Crippen molar-refractivity contribution in [3.63, 3.8) is 0 Å². The molecule has 2 aromatic carbocycles. The lowest BCUT2D eigenvalue weighted by Crippen LogP contribution is -2.38. The fourth-order valence-corrected chi connectivity index (χ4v) is 3.12. The molecule has 0 bridgehead atoms. The second-order valence-corrected chi connectivity index (χ2v) is 6.76. The van der Waals surface area contributed by atoms with E-state index in [0.717, 1.165) is 29.1 Å². The lowest BCUT2D eigenvalue weighted by Gasteiger charge is -2.31. The van der Waals surface area contributed by atoms with Crippen molar-refractivity contribution in [3.8, 4) is 5.75 Å². The molecule has 0 aromatic heterocycles. The van der Waals surface area contributed by atoms with Gasteiger partial charge in [-0.15, -0.1) is 0 Å². The molecule has 1 aliphatic rings. The Morgan fingerprint density at radius 3 is 2.73 bits per heavy atom. The second kappa shape index (κ2) is 8.23. The SMILES string of the molecule is CCC(C)c1ccc(NC(=O)CN2CCOc3cc(CN)ccc32)cc1. The Labute approximate surface area is 155 Å². The number of anilines is 2. The Hall–Kier alpha value is -2.53. The molecule has 1 atom stereocenters. The molecule has 0 saturated heterocycles. The number of nitrogens with one attached hydrogen (secondary N) is 1. The van der Waals surface area contributed by atoms with E-state index in [1.165, 1.54) is 5.56 Å². The quantitative estimate of drug-likeness (QED) is 0.834. The van der Waals surface area contributed by atoms with E-state index in [1.54, 1.807) is 0 Å². The Morgan fingerprint density at radius 2 is 2.04 bits per heavy atom. The van der Waals surface area contributed by atoms with Gasteiger partial charge in [0.25, 0.3) is 0 Å². The summed E-state index contributed by atoms with van der Waals surface area (Å²) >= 11 is 0. The zero-order chi connectivity index (χ0) is 18.5. The molecule has 1 amide bonds. The van der Waals surface area contributed by atoms with Crippen molar-refractivity contribution in [2.45, 2.75) is 32.7 Å². The van der Waals surface area contributed by atoms with Gasteiger partial charge in [0, 0.05) is 12.2 Å². The number of carbonyl (C=O) groups is 1. The highest BCUT2D eigenvalue weighted by atomic mass is 16.5. The minimum atomic E-state index is -0.0305. The van der Waals surface area contributed by atoms with Crippen LogP contribution in [-0.4, -0.2) is 25.6 Å². The first-order chi connectivity index (χ1) is 12.6. The van der Waals surface area contributed by atoms with E-state index in [1.807, 2.05) is 35.2 Å². The van der Waals surface area contributed by atoms with Crippen molar-refractivity contribution in [3.05, 3.63) is 53.6 Å². The molecule has 2 aromatic rings. The van der Waals surface area contributed by atoms with Crippen molar-refractivity contribution < 1.29 is 9.53 Å². The summed E-state index contributed by atoms with van der Waals surface area (Å²) < 4.78 is 5.71. The number of rotatable bonds is 6. The van der Waals surface area contributed by atoms with Crippen LogP contribution in [0, 0.1) is 0 Å². The van der Waals surface area contributed by atoms with Crippen molar-refractivity contribution >= 4 is 17.3 Å². The van der Waals surface area contributed by atoms with Crippen molar-refractivity contribution in [1.29, 1.82) is 0 Å². The highest BCUT2D eigenvalue weighted by molar-refractivity contribution is 5.94. The van der Waals surface area contributed by atoms with Crippen LogP contribution < -0.4 is 20.7 Å². The van der Waals surface area contributed by atoms with Gasteiger partial charge in [0.1, 0.15) is 12.4 Å². The predicted molar refractivity (Wildman–Crippen MR) is 106 cm³/mol. The number of carbonyl (C=O) groups excluding carboxylic acids is 1. The Morgan fingerprint density at radius 1 is 1.27 bits per heavy atom. The maximum atomic E-state index is 12.5. The van der Waals surface area contributed by atoms with E-state index in [2.05, 4.69) is 31.3 Å². The average Bonchev–Trinajstić information content (AvgIpc) is 2.67. The van der Waals surface area contributed by atoms with Crippen molar-refractivity contribution in [2.24, 2.45) is 5.73 Å². The monoisotopic (exact) mass is 353 g/mol. The smallest absolute Gasteiger partial charge is 0.243 e. The Balaban J connectivity index is 1.64. The van der Waals surface area contributed by atoms with Gasteiger partial charge in [-0.05, 0) is 47.7 Å². The number of hydrogen-bond donors (Lipinski definition) is 2. The highest BCUT2D eigenvalue weighted by Gasteiger charge is 2.20. The molecule has 0 aliphatic carbocycles. The molecule has 0 fully saturated rings. The number of ether oxygens (including phenoxy) is 1. The van der Waals surface area contributed by atoms with Crippen LogP contribution in [0.15, 0.2) is 42.5 Å².